The second kappa shape index (κ2) is 8.63. The molecule has 1 amide bonds. The van der Waals surface area contributed by atoms with E-state index in [9.17, 15) is 4.79 Å². The van der Waals surface area contributed by atoms with Crippen LogP contribution in [-0.2, 0) is 17.8 Å². The lowest BCUT2D eigenvalue weighted by atomic mass is 10.1. The van der Waals surface area contributed by atoms with Gasteiger partial charge in [0.1, 0.15) is 0 Å². The molecule has 0 saturated carbocycles. The van der Waals surface area contributed by atoms with Crippen LogP contribution in [0.5, 0.6) is 0 Å². The van der Waals surface area contributed by atoms with Crippen LogP contribution in [-0.4, -0.2) is 38.0 Å². The Balaban J connectivity index is 2.41. The maximum Gasteiger partial charge on any atom is 0.238 e. The van der Waals surface area contributed by atoms with Gasteiger partial charge in [0.25, 0.3) is 0 Å². The molecule has 5 heteroatoms. The van der Waals surface area contributed by atoms with Crippen molar-refractivity contribution in [3.63, 3.8) is 0 Å². The van der Waals surface area contributed by atoms with E-state index in [1.54, 1.807) is 0 Å². The fraction of sp³-hybridized carbons (Fsp3) is 0.500. The zero-order valence-corrected chi connectivity index (χ0v) is 11.8. The number of nitrogens with zero attached hydrogens (tertiary/aromatic N) is 1. The van der Waals surface area contributed by atoms with Gasteiger partial charge in [0.15, 0.2) is 0 Å². The van der Waals surface area contributed by atoms with Crippen LogP contribution in [0.25, 0.3) is 0 Å². The average molecular weight is 264 g/mol. The summed E-state index contributed by atoms with van der Waals surface area (Å²) in [6, 6.07) is 8.08. The second-order valence-corrected chi connectivity index (χ2v) is 4.76. The number of rotatable bonds is 8. The molecule has 4 N–H and O–H groups in total. The lowest BCUT2D eigenvalue weighted by Crippen LogP contribution is -2.31. The molecule has 0 heterocycles. The molecule has 19 heavy (non-hydrogen) atoms. The van der Waals surface area contributed by atoms with Crippen molar-refractivity contribution in [1.29, 1.82) is 0 Å². The predicted molar refractivity (Wildman–Crippen MR) is 77.4 cm³/mol. The Kier molecular flexibility index (Phi) is 7.10. The highest BCUT2D eigenvalue weighted by Crippen LogP contribution is 2.07. The molecule has 0 fully saturated rings. The summed E-state index contributed by atoms with van der Waals surface area (Å²) in [6.45, 7) is 3.03. The van der Waals surface area contributed by atoms with E-state index in [2.05, 4.69) is 34.8 Å². The number of amides is 1. The molecule has 0 unspecified atom stereocenters. The van der Waals surface area contributed by atoms with Gasteiger partial charge < -0.3 is 10.2 Å². The highest BCUT2D eigenvalue weighted by atomic mass is 16.2. The van der Waals surface area contributed by atoms with Crippen LogP contribution in [0.15, 0.2) is 24.3 Å². The van der Waals surface area contributed by atoms with Crippen LogP contribution in [0.4, 0.5) is 0 Å². The first-order valence-corrected chi connectivity index (χ1v) is 6.56. The lowest BCUT2D eigenvalue weighted by molar-refractivity contribution is -0.120. The highest BCUT2D eigenvalue weighted by molar-refractivity contribution is 5.77. The summed E-state index contributed by atoms with van der Waals surface area (Å²) < 4.78 is 0. The number of nitrogens with one attached hydrogen (secondary N) is 2. The van der Waals surface area contributed by atoms with Crippen LogP contribution in [0.2, 0.25) is 0 Å². The highest BCUT2D eigenvalue weighted by Gasteiger charge is 2.03. The quantitative estimate of drug-likeness (QED) is 0.273. The van der Waals surface area contributed by atoms with Gasteiger partial charge >= 0.3 is 0 Å². The summed E-state index contributed by atoms with van der Waals surface area (Å²) in [4.78, 5) is 13.4. The average Bonchev–Trinajstić information content (AvgIpc) is 2.41. The van der Waals surface area contributed by atoms with E-state index >= 15 is 0 Å². The molecule has 0 bridgehead atoms. The van der Waals surface area contributed by atoms with E-state index in [1.807, 2.05) is 19.2 Å². The molecule has 0 spiro atoms. The number of hydrogen-bond acceptors (Lipinski definition) is 4. The summed E-state index contributed by atoms with van der Waals surface area (Å²) in [7, 11) is 4.08. The van der Waals surface area contributed by atoms with Crippen molar-refractivity contribution in [2.45, 2.75) is 19.4 Å². The Bertz CT molecular complexity index is 378. The number of carbonyl (C=O) groups excluding carboxylic acids is 1. The zero-order chi connectivity index (χ0) is 14.1. The van der Waals surface area contributed by atoms with Crippen molar-refractivity contribution in [2.75, 3.05) is 27.2 Å². The molecule has 1 aromatic carbocycles. The molecular formula is C14H24N4O. The third-order valence-electron chi connectivity index (χ3n) is 2.97. The molecule has 0 atom stereocenters. The normalized spacial score (nSPS) is 10.7. The molecule has 0 aromatic heterocycles. The molecular weight excluding hydrogens is 240 g/mol. The number of hydrogen-bond donors (Lipinski definition) is 3. The fourth-order valence-corrected chi connectivity index (χ4v) is 1.92. The molecule has 1 aromatic rings. The summed E-state index contributed by atoms with van der Waals surface area (Å²) in [5.41, 5.74) is 4.37. The van der Waals surface area contributed by atoms with E-state index in [0.29, 0.717) is 6.42 Å². The van der Waals surface area contributed by atoms with Gasteiger partial charge in [-0.05, 0) is 44.7 Å². The van der Waals surface area contributed by atoms with E-state index in [-0.39, 0.29) is 5.91 Å². The van der Waals surface area contributed by atoms with Crippen molar-refractivity contribution in [3.8, 4) is 0 Å². The number of nitrogens with two attached hydrogens (primary N) is 1. The van der Waals surface area contributed by atoms with Crippen molar-refractivity contribution in [3.05, 3.63) is 35.4 Å². The minimum Gasteiger partial charge on any atom is -0.320 e. The van der Waals surface area contributed by atoms with Gasteiger partial charge in [0, 0.05) is 6.54 Å². The molecule has 0 aliphatic heterocycles. The molecule has 0 radical (unpaired) electrons. The first-order chi connectivity index (χ1) is 9.15. The predicted octanol–water partition coefficient (Wildman–Crippen LogP) is 0.260. The fourth-order valence-electron chi connectivity index (χ4n) is 1.92. The Hall–Kier alpha value is -1.43. The molecule has 106 valence electrons. The lowest BCUT2D eigenvalue weighted by Gasteiger charge is -2.16. The molecule has 1 rings (SSSR count). The third-order valence-corrected chi connectivity index (χ3v) is 2.97. The van der Waals surface area contributed by atoms with Crippen LogP contribution < -0.4 is 16.6 Å². The van der Waals surface area contributed by atoms with Crippen LogP contribution in [0, 0.1) is 0 Å². The zero-order valence-electron chi connectivity index (χ0n) is 11.8. The van der Waals surface area contributed by atoms with Crippen molar-refractivity contribution >= 4 is 5.91 Å². The van der Waals surface area contributed by atoms with Gasteiger partial charge in [-0.25, -0.2) is 5.84 Å². The molecule has 0 saturated heterocycles. The SMILES string of the molecule is CNCCCN(C)Cc1ccc(CC(=O)NN)cc1. The van der Waals surface area contributed by atoms with Gasteiger partial charge in [-0.15, -0.1) is 0 Å². The summed E-state index contributed by atoms with van der Waals surface area (Å²) in [5, 5.41) is 3.14. The van der Waals surface area contributed by atoms with Gasteiger partial charge in [-0.3, -0.25) is 10.2 Å². The second-order valence-electron chi connectivity index (χ2n) is 4.76. The summed E-state index contributed by atoms with van der Waals surface area (Å²) in [6.07, 6.45) is 1.47. The number of benzene rings is 1. The summed E-state index contributed by atoms with van der Waals surface area (Å²) >= 11 is 0. The summed E-state index contributed by atoms with van der Waals surface area (Å²) in [5.74, 6) is 4.89. The molecule has 0 aliphatic carbocycles. The molecule has 0 aliphatic rings. The van der Waals surface area contributed by atoms with Gasteiger partial charge in [-0.2, -0.15) is 0 Å². The third kappa shape index (κ3) is 6.33. The van der Waals surface area contributed by atoms with E-state index in [1.165, 1.54) is 5.56 Å². The van der Waals surface area contributed by atoms with Gasteiger partial charge in [-0.1, -0.05) is 24.3 Å². The molecule has 5 nitrogen and oxygen atoms in total. The topological polar surface area (TPSA) is 70.4 Å². The maximum absolute atomic E-state index is 11.1. The van der Waals surface area contributed by atoms with Gasteiger partial charge in [0.05, 0.1) is 6.42 Å². The first-order valence-electron chi connectivity index (χ1n) is 6.56. The van der Waals surface area contributed by atoms with Crippen LogP contribution in [0.1, 0.15) is 17.5 Å². The van der Waals surface area contributed by atoms with E-state index in [0.717, 1.165) is 31.6 Å². The maximum atomic E-state index is 11.1. The largest absolute Gasteiger partial charge is 0.320 e. The Morgan fingerprint density at radius 2 is 1.89 bits per heavy atom. The smallest absolute Gasteiger partial charge is 0.238 e. The van der Waals surface area contributed by atoms with Crippen LogP contribution >= 0.6 is 0 Å². The monoisotopic (exact) mass is 264 g/mol. The number of carbonyl (C=O) groups is 1. The van der Waals surface area contributed by atoms with E-state index in [4.69, 9.17) is 5.84 Å². The Morgan fingerprint density at radius 1 is 1.26 bits per heavy atom. The van der Waals surface area contributed by atoms with Crippen LogP contribution in [0.3, 0.4) is 0 Å². The minimum absolute atomic E-state index is 0.170. The van der Waals surface area contributed by atoms with Crippen molar-refractivity contribution in [1.82, 2.24) is 15.6 Å². The standard InChI is InChI=1S/C14H24N4O/c1-16-8-3-9-18(2)11-13-6-4-12(5-7-13)10-14(19)17-15/h4-7,16H,3,8-11,15H2,1-2H3,(H,17,19). The van der Waals surface area contributed by atoms with Gasteiger partial charge in [0.2, 0.25) is 5.91 Å². The van der Waals surface area contributed by atoms with Crippen molar-refractivity contribution < 1.29 is 4.79 Å². The minimum atomic E-state index is -0.170. The number of hydrazine groups is 1. The first kappa shape index (κ1) is 15.6. The Labute approximate surface area is 115 Å². The Morgan fingerprint density at radius 3 is 2.47 bits per heavy atom. The van der Waals surface area contributed by atoms with E-state index < -0.39 is 0 Å². The van der Waals surface area contributed by atoms with Crippen molar-refractivity contribution in [2.24, 2.45) is 5.84 Å².